The maximum atomic E-state index is 12.4. The minimum atomic E-state index is -0.331. The smallest absolute Gasteiger partial charge is 0.312 e. The van der Waals surface area contributed by atoms with E-state index < -0.39 is 0 Å². The molecule has 6 unspecified atom stereocenters. The number of epoxide rings is 2. The first-order chi connectivity index (χ1) is 8.98. The molecular weight excluding hydrogens is 244 g/mol. The molecule has 0 spiro atoms. The molecule has 4 aliphatic rings. The highest BCUT2D eigenvalue weighted by Crippen LogP contribution is 2.50. The van der Waals surface area contributed by atoms with E-state index in [0.717, 1.165) is 38.5 Å². The van der Waals surface area contributed by atoms with E-state index in [4.69, 9.17) is 14.2 Å². The van der Waals surface area contributed by atoms with E-state index in [2.05, 4.69) is 6.92 Å². The molecule has 106 valence electrons. The molecule has 4 rings (SSSR count). The Balaban J connectivity index is 1.36. The molecule has 2 saturated heterocycles. The van der Waals surface area contributed by atoms with E-state index in [1.807, 2.05) is 6.92 Å². The van der Waals surface area contributed by atoms with Gasteiger partial charge in [0.15, 0.2) is 0 Å². The first-order valence-electron chi connectivity index (χ1n) is 7.53. The van der Waals surface area contributed by atoms with Crippen molar-refractivity contribution in [3.63, 3.8) is 0 Å². The van der Waals surface area contributed by atoms with Crippen molar-refractivity contribution in [1.82, 2.24) is 0 Å². The normalized spacial score (nSPS) is 54.8. The zero-order chi connectivity index (χ0) is 13.3. The first kappa shape index (κ1) is 12.2. The van der Waals surface area contributed by atoms with Crippen molar-refractivity contribution in [1.29, 1.82) is 0 Å². The molecule has 0 N–H and O–H groups in total. The molecule has 19 heavy (non-hydrogen) atoms. The van der Waals surface area contributed by atoms with Gasteiger partial charge in [-0.15, -0.1) is 0 Å². The third kappa shape index (κ3) is 2.00. The lowest BCUT2D eigenvalue weighted by atomic mass is 9.75. The predicted molar refractivity (Wildman–Crippen MR) is 67.6 cm³/mol. The minimum Gasteiger partial charge on any atom is -0.462 e. The highest BCUT2D eigenvalue weighted by Gasteiger charge is 2.57. The second-order valence-corrected chi connectivity index (χ2v) is 7.24. The zero-order valence-corrected chi connectivity index (χ0v) is 11.7. The number of ether oxygens (including phenoxy) is 3. The van der Waals surface area contributed by atoms with Gasteiger partial charge in [-0.3, -0.25) is 4.79 Å². The molecular formula is C15H22O4. The molecule has 6 atom stereocenters. The van der Waals surface area contributed by atoms with E-state index >= 15 is 0 Å². The SMILES string of the molecule is CC1(C(=O)OC2CCC3(C)OC3C2)CCC2OC2C1. The molecule has 0 aromatic heterocycles. The Morgan fingerprint density at radius 2 is 2.05 bits per heavy atom. The summed E-state index contributed by atoms with van der Waals surface area (Å²) in [5.74, 6) is -0.0179. The predicted octanol–water partition coefficient (Wildman–Crippen LogP) is 2.20. The van der Waals surface area contributed by atoms with Crippen molar-refractivity contribution in [3.05, 3.63) is 0 Å². The summed E-state index contributed by atoms with van der Waals surface area (Å²) < 4.78 is 17.0. The molecule has 2 saturated carbocycles. The van der Waals surface area contributed by atoms with Gasteiger partial charge in [0.05, 0.1) is 29.3 Å². The summed E-state index contributed by atoms with van der Waals surface area (Å²) >= 11 is 0. The van der Waals surface area contributed by atoms with Gasteiger partial charge in [-0.05, 0) is 46.0 Å². The van der Waals surface area contributed by atoms with Crippen molar-refractivity contribution < 1.29 is 19.0 Å². The van der Waals surface area contributed by atoms with E-state index in [9.17, 15) is 4.79 Å². The number of rotatable bonds is 2. The second-order valence-electron chi connectivity index (χ2n) is 7.24. The number of carbonyl (C=O) groups is 1. The number of hydrogen-bond donors (Lipinski definition) is 0. The van der Waals surface area contributed by atoms with Crippen molar-refractivity contribution in [3.8, 4) is 0 Å². The van der Waals surface area contributed by atoms with Crippen LogP contribution in [0.15, 0.2) is 0 Å². The standard InChI is InChI=1S/C15H22O4/c1-14(5-4-10-11(8-14)18-10)13(16)17-9-3-6-15(2)12(7-9)19-15/h9-12H,3-8H2,1-2H3. The summed E-state index contributed by atoms with van der Waals surface area (Å²) in [7, 11) is 0. The lowest BCUT2D eigenvalue weighted by Crippen LogP contribution is -2.38. The highest BCUT2D eigenvalue weighted by atomic mass is 16.6. The molecule has 4 nitrogen and oxygen atoms in total. The Hall–Kier alpha value is -0.610. The Kier molecular flexibility index (Phi) is 2.39. The summed E-state index contributed by atoms with van der Waals surface area (Å²) in [6.07, 6.45) is 6.68. The highest BCUT2D eigenvalue weighted by molar-refractivity contribution is 5.77. The van der Waals surface area contributed by atoms with Crippen LogP contribution in [0, 0.1) is 5.41 Å². The van der Waals surface area contributed by atoms with Gasteiger partial charge in [0.2, 0.25) is 0 Å². The third-order valence-electron chi connectivity index (χ3n) is 5.56. The topological polar surface area (TPSA) is 51.4 Å². The van der Waals surface area contributed by atoms with Crippen LogP contribution in [0.5, 0.6) is 0 Å². The Bertz CT molecular complexity index is 422. The zero-order valence-electron chi connectivity index (χ0n) is 11.7. The fourth-order valence-corrected chi connectivity index (χ4v) is 3.82. The van der Waals surface area contributed by atoms with Crippen molar-refractivity contribution in [2.75, 3.05) is 0 Å². The van der Waals surface area contributed by atoms with Gasteiger partial charge >= 0.3 is 5.97 Å². The average molecular weight is 266 g/mol. The Labute approximate surface area is 113 Å². The van der Waals surface area contributed by atoms with Crippen LogP contribution in [0.3, 0.4) is 0 Å². The van der Waals surface area contributed by atoms with E-state index in [-0.39, 0.29) is 23.1 Å². The van der Waals surface area contributed by atoms with E-state index in [0.29, 0.717) is 18.3 Å². The van der Waals surface area contributed by atoms with Gasteiger partial charge in [-0.25, -0.2) is 0 Å². The van der Waals surface area contributed by atoms with E-state index in [1.165, 1.54) is 0 Å². The number of fused-ring (bicyclic) bond motifs is 2. The van der Waals surface area contributed by atoms with Crippen LogP contribution in [0.4, 0.5) is 0 Å². The fourth-order valence-electron chi connectivity index (χ4n) is 3.82. The van der Waals surface area contributed by atoms with Gasteiger partial charge in [-0.1, -0.05) is 0 Å². The van der Waals surface area contributed by atoms with Crippen molar-refractivity contribution in [2.24, 2.45) is 5.41 Å². The van der Waals surface area contributed by atoms with Crippen LogP contribution in [0.25, 0.3) is 0 Å². The third-order valence-corrected chi connectivity index (χ3v) is 5.56. The van der Waals surface area contributed by atoms with Gasteiger partial charge in [-0.2, -0.15) is 0 Å². The Morgan fingerprint density at radius 3 is 2.79 bits per heavy atom. The van der Waals surface area contributed by atoms with Gasteiger partial charge in [0, 0.05) is 6.42 Å². The number of carbonyl (C=O) groups excluding carboxylic acids is 1. The van der Waals surface area contributed by atoms with Crippen LogP contribution >= 0.6 is 0 Å². The largest absolute Gasteiger partial charge is 0.462 e. The number of esters is 1. The summed E-state index contributed by atoms with van der Waals surface area (Å²) in [5, 5.41) is 0. The monoisotopic (exact) mass is 266 g/mol. The molecule has 2 aliphatic carbocycles. The van der Waals surface area contributed by atoms with Crippen molar-refractivity contribution in [2.45, 2.75) is 82.4 Å². The van der Waals surface area contributed by atoms with Crippen LogP contribution in [0.2, 0.25) is 0 Å². The second kappa shape index (κ2) is 3.73. The molecule has 0 amide bonds. The summed E-state index contributed by atoms with van der Waals surface area (Å²) in [6, 6.07) is 0. The summed E-state index contributed by atoms with van der Waals surface area (Å²) in [6.45, 7) is 4.19. The molecule has 0 aromatic carbocycles. The Morgan fingerprint density at radius 1 is 1.21 bits per heavy atom. The molecule has 0 radical (unpaired) electrons. The quantitative estimate of drug-likeness (QED) is 0.568. The molecule has 4 heteroatoms. The van der Waals surface area contributed by atoms with Gasteiger partial charge < -0.3 is 14.2 Å². The van der Waals surface area contributed by atoms with Crippen molar-refractivity contribution >= 4 is 5.97 Å². The van der Waals surface area contributed by atoms with E-state index in [1.54, 1.807) is 0 Å². The number of hydrogen-bond acceptors (Lipinski definition) is 4. The average Bonchev–Trinajstić information content (AvgIpc) is 3.23. The molecule has 4 fully saturated rings. The van der Waals surface area contributed by atoms with Crippen LogP contribution in [0.1, 0.15) is 52.4 Å². The lowest BCUT2D eigenvalue weighted by molar-refractivity contribution is -0.163. The molecule has 2 aliphatic heterocycles. The molecule has 0 bridgehead atoms. The van der Waals surface area contributed by atoms with Crippen LogP contribution < -0.4 is 0 Å². The molecule has 0 aromatic rings. The van der Waals surface area contributed by atoms with Gasteiger partial charge in [0.25, 0.3) is 0 Å². The minimum absolute atomic E-state index is 0.0179. The molecule has 2 heterocycles. The summed E-state index contributed by atoms with van der Waals surface area (Å²) in [5.41, 5.74) is -0.241. The first-order valence-corrected chi connectivity index (χ1v) is 7.53. The summed E-state index contributed by atoms with van der Waals surface area (Å²) in [4.78, 5) is 12.4. The van der Waals surface area contributed by atoms with Crippen LogP contribution in [-0.2, 0) is 19.0 Å². The lowest BCUT2D eigenvalue weighted by Gasteiger charge is -2.32. The maximum Gasteiger partial charge on any atom is 0.312 e. The van der Waals surface area contributed by atoms with Gasteiger partial charge in [0.1, 0.15) is 6.10 Å². The maximum absolute atomic E-state index is 12.4. The van der Waals surface area contributed by atoms with Crippen LogP contribution in [-0.4, -0.2) is 36.0 Å². The fraction of sp³-hybridized carbons (Fsp3) is 0.933.